The molecule has 0 saturated carbocycles. The second-order valence-corrected chi connectivity index (χ2v) is 4.27. The van der Waals surface area contributed by atoms with Crippen LogP contribution in [0, 0.1) is 6.92 Å². The van der Waals surface area contributed by atoms with E-state index in [9.17, 15) is 0 Å². The number of hydrogen-bond donors (Lipinski definition) is 2. The second-order valence-electron chi connectivity index (χ2n) is 4.27. The summed E-state index contributed by atoms with van der Waals surface area (Å²) >= 11 is 0. The van der Waals surface area contributed by atoms with Gasteiger partial charge in [-0.25, -0.2) is 0 Å². The lowest BCUT2D eigenvalue weighted by atomic mass is 10.0. The van der Waals surface area contributed by atoms with Crippen LogP contribution in [-0.2, 0) is 4.74 Å². The number of hydrogen-bond acceptors (Lipinski definition) is 2. The first kappa shape index (κ1) is 9.87. The van der Waals surface area contributed by atoms with Gasteiger partial charge >= 0.3 is 0 Å². The molecule has 0 bridgehead atoms. The number of aromatic amines is 1. The molecule has 0 amide bonds. The second kappa shape index (κ2) is 3.92. The molecule has 16 heavy (non-hydrogen) atoms. The summed E-state index contributed by atoms with van der Waals surface area (Å²) in [7, 11) is 0. The number of rotatable bonds is 1. The van der Waals surface area contributed by atoms with E-state index in [1.807, 2.05) is 0 Å². The average Bonchev–Trinajstić information content (AvgIpc) is 2.66. The first-order valence-corrected chi connectivity index (χ1v) is 5.76. The largest absolute Gasteiger partial charge is 0.371 e. The SMILES string of the molecule is Cc1[nH]c2ccccc2c1C1CNCCO1. The molecule has 1 saturated heterocycles. The summed E-state index contributed by atoms with van der Waals surface area (Å²) in [5.41, 5.74) is 3.72. The number of aromatic nitrogens is 1. The predicted molar refractivity (Wildman–Crippen MR) is 64.6 cm³/mol. The van der Waals surface area contributed by atoms with E-state index in [4.69, 9.17) is 4.74 Å². The molecule has 1 aliphatic rings. The number of fused-ring (bicyclic) bond motifs is 1. The molecule has 84 valence electrons. The van der Waals surface area contributed by atoms with Gasteiger partial charge in [0.15, 0.2) is 0 Å². The van der Waals surface area contributed by atoms with Crippen LogP contribution in [0.25, 0.3) is 10.9 Å². The van der Waals surface area contributed by atoms with Crippen molar-refractivity contribution in [1.29, 1.82) is 0 Å². The van der Waals surface area contributed by atoms with Crippen molar-refractivity contribution in [3.05, 3.63) is 35.5 Å². The number of benzene rings is 1. The zero-order chi connectivity index (χ0) is 11.0. The number of aryl methyl sites for hydroxylation is 1. The maximum Gasteiger partial charge on any atom is 0.0973 e. The van der Waals surface area contributed by atoms with Gasteiger partial charge in [0.25, 0.3) is 0 Å². The number of H-pyrrole nitrogens is 1. The Kier molecular flexibility index (Phi) is 2.42. The minimum Gasteiger partial charge on any atom is -0.371 e. The smallest absolute Gasteiger partial charge is 0.0973 e. The quantitative estimate of drug-likeness (QED) is 0.766. The standard InChI is InChI=1S/C13H16N2O/c1-9-13(12-8-14-6-7-16-12)10-4-2-3-5-11(10)15-9/h2-5,12,14-15H,6-8H2,1H3. The molecule has 1 unspecified atom stereocenters. The van der Waals surface area contributed by atoms with Gasteiger partial charge in [0.1, 0.15) is 0 Å². The van der Waals surface area contributed by atoms with E-state index in [2.05, 4.69) is 41.5 Å². The molecule has 1 fully saturated rings. The molecule has 0 aliphatic carbocycles. The molecule has 2 heterocycles. The lowest BCUT2D eigenvalue weighted by molar-refractivity contribution is 0.0282. The molecule has 1 aromatic heterocycles. The Morgan fingerprint density at radius 1 is 1.31 bits per heavy atom. The Labute approximate surface area is 94.8 Å². The van der Waals surface area contributed by atoms with Crippen molar-refractivity contribution in [1.82, 2.24) is 10.3 Å². The van der Waals surface area contributed by atoms with Crippen molar-refractivity contribution in [3.63, 3.8) is 0 Å². The molecule has 2 N–H and O–H groups in total. The third kappa shape index (κ3) is 1.52. The summed E-state index contributed by atoms with van der Waals surface area (Å²) in [6, 6.07) is 8.41. The molecule has 1 atom stereocenters. The van der Waals surface area contributed by atoms with Gasteiger partial charge in [-0.2, -0.15) is 0 Å². The summed E-state index contributed by atoms with van der Waals surface area (Å²) in [5.74, 6) is 0. The van der Waals surface area contributed by atoms with Gasteiger partial charge in [-0.05, 0) is 13.0 Å². The zero-order valence-corrected chi connectivity index (χ0v) is 9.42. The minimum atomic E-state index is 0.185. The third-order valence-electron chi connectivity index (χ3n) is 3.19. The maximum absolute atomic E-state index is 5.83. The van der Waals surface area contributed by atoms with Crippen LogP contribution in [0.4, 0.5) is 0 Å². The van der Waals surface area contributed by atoms with E-state index < -0.39 is 0 Å². The maximum atomic E-state index is 5.83. The molecule has 3 nitrogen and oxygen atoms in total. The summed E-state index contributed by atoms with van der Waals surface area (Å²) in [5, 5.41) is 4.66. The van der Waals surface area contributed by atoms with Gasteiger partial charge in [0, 0.05) is 35.2 Å². The fourth-order valence-electron chi connectivity index (χ4n) is 2.46. The highest BCUT2D eigenvalue weighted by atomic mass is 16.5. The van der Waals surface area contributed by atoms with E-state index >= 15 is 0 Å². The van der Waals surface area contributed by atoms with Gasteiger partial charge in [0.2, 0.25) is 0 Å². The normalized spacial score (nSPS) is 21.4. The van der Waals surface area contributed by atoms with Crippen molar-refractivity contribution >= 4 is 10.9 Å². The molecule has 0 spiro atoms. The van der Waals surface area contributed by atoms with Crippen LogP contribution in [0.2, 0.25) is 0 Å². The zero-order valence-electron chi connectivity index (χ0n) is 9.42. The van der Waals surface area contributed by atoms with Gasteiger partial charge in [-0.3, -0.25) is 0 Å². The lowest BCUT2D eigenvalue weighted by Gasteiger charge is -2.24. The highest BCUT2D eigenvalue weighted by Gasteiger charge is 2.21. The van der Waals surface area contributed by atoms with Crippen LogP contribution < -0.4 is 5.32 Å². The number of para-hydroxylation sites is 1. The van der Waals surface area contributed by atoms with E-state index in [1.165, 1.54) is 22.2 Å². The van der Waals surface area contributed by atoms with E-state index in [0.717, 1.165) is 19.7 Å². The summed E-state index contributed by atoms with van der Waals surface area (Å²) in [4.78, 5) is 3.42. The molecule has 0 radical (unpaired) electrons. The van der Waals surface area contributed by atoms with Gasteiger partial charge < -0.3 is 15.0 Å². The Balaban J connectivity index is 2.10. The Bertz CT molecular complexity index is 498. The first-order valence-electron chi connectivity index (χ1n) is 5.76. The van der Waals surface area contributed by atoms with Crippen molar-refractivity contribution < 1.29 is 4.74 Å². The molecule has 3 heteroatoms. The molecule has 1 aliphatic heterocycles. The molecular formula is C13H16N2O. The van der Waals surface area contributed by atoms with Crippen LogP contribution >= 0.6 is 0 Å². The summed E-state index contributed by atoms with van der Waals surface area (Å²) < 4.78 is 5.83. The van der Waals surface area contributed by atoms with Crippen LogP contribution in [0.3, 0.4) is 0 Å². The van der Waals surface area contributed by atoms with Crippen LogP contribution in [0.5, 0.6) is 0 Å². The van der Waals surface area contributed by atoms with Crippen LogP contribution in [-0.4, -0.2) is 24.7 Å². The average molecular weight is 216 g/mol. The van der Waals surface area contributed by atoms with Crippen LogP contribution in [0.1, 0.15) is 17.4 Å². The van der Waals surface area contributed by atoms with Crippen molar-refractivity contribution in [3.8, 4) is 0 Å². The van der Waals surface area contributed by atoms with Crippen molar-refractivity contribution in [2.24, 2.45) is 0 Å². The highest BCUT2D eigenvalue weighted by Crippen LogP contribution is 2.30. The molecular weight excluding hydrogens is 200 g/mol. The van der Waals surface area contributed by atoms with E-state index in [0.29, 0.717) is 0 Å². The highest BCUT2D eigenvalue weighted by molar-refractivity contribution is 5.85. The minimum absolute atomic E-state index is 0.185. The van der Waals surface area contributed by atoms with Crippen molar-refractivity contribution in [2.75, 3.05) is 19.7 Å². The molecule has 2 aromatic rings. The van der Waals surface area contributed by atoms with E-state index in [1.54, 1.807) is 0 Å². The third-order valence-corrected chi connectivity index (χ3v) is 3.19. The monoisotopic (exact) mass is 216 g/mol. The molecule has 3 rings (SSSR count). The van der Waals surface area contributed by atoms with Gasteiger partial charge in [-0.1, -0.05) is 18.2 Å². The first-order chi connectivity index (χ1) is 7.86. The summed E-state index contributed by atoms with van der Waals surface area (Å²) in [6.07, 6.45) is 0.185. The number of nitrogens with one attached hydrogen (secondary N) is 2. The Morgan fingerprint density at radius 2 is 2.19 bits per heavy atom. The Morgan fingerprint density at radius 3 is 3.00 bits per heavy atom. The van der Waals surface area contributed by atoms with E-state index in [-0.39, 0.29) is 6.10 Å². The van der Waals surface area contributed by atoms with Gasteiger partial charge in [-0.15, -0.1) is 0 Å². The topological polar surface area (TPSA) is 37.0 Å². The van der Waals surface area contributed by atoms with Crippen molar-refractivity contribution in [2.45, 2.75) is 13.0 Å². The lowest BCUT2D eigenvalue weighted by Crippen LogP contribution is -2.33. The van der Waals surface area contributed by atoms with Crippen LogP contribution in [0.15, 0.2) is 24.3 Å². The Hall–Kier alpha value is -1.32. The number of morpholine rings is 1. The van der Waals surface area contributed by atoms with Gasteiger partial charge in [0.05, 0.1) is 12.7 Å². The number of ether oxygens (including phenoxy) is 1. The summed E-state index contributed by atoms with van der Waals surface area (Å²) in [6.45, 7) is 4.78. The fraction of sp³-hybridized carbons (Fsp3) is 0.385. The molecule has 1 aromatic carbocycles. The fourth-order valence-corrected chi connectivity index (χ4v) is 2.46. The predicted octanol–water partition coefficient (Wildman–Crippen LogP) is 2.14.